The van der Waals surface area contributed by atoms with Gasteiger partial charge < -0.3 is 61.3 Å². The van der Waals surface area contributed by atoms with Crippen molar-refractivity contribution in [1.29, 1.82) is 0 Å². The first-order chi connectivity index (χ1) is 33.7. The van der Waals surface area contributed by atoms with Crippen molar-refractivity contribution < 1.29 is 52.8 Å². The van der Waals surface area contributed by atoms with Gasteiger partial charge in [0.2, 0.25) is 17.7 Å². The number of carbonyl (C=O) groups excluding carboxylic acids is 6. The van der Waals surface area contributed by atoms with E-state index in [9.17, 15) is 33.9 Å². The summed E-state index contributed by atoms with van der Waals surface area (Å²) in [6.45, 7) is 13.4. The number of anilines is 1. The number of ether oxygens (including phenoxy) is 4. The molecular weight excluding hydrogens is 901 g/mol. The number of hydrogen-bond acceptors (Lipinski definition) is 13. The minimum absolute atomic E-state index is 0.0177. The topological polar surface area (TPSA) is 261 Å². The van der Waals surface area contributed by atoms with E-state index in [2.05, 4.69) is 50.4 Å². The molecule has 1 aliphatic carbocycles. The third-order valence-electron chi connectivity index (χ3n) is 12.6. The van der Waals surface area contributed by atoms with Gasteiger partial charge >= 0.3 is 6.03 Å². The number of urea groups is 1. The molecule has 3 rings (SSSR count). The summed E-state index contributed by atoms with van der Waals surface area (Å²) in [6, 6.07) is 4.43. The van der Waals surface area contributed by atoms with E-state index in [-0.39, 0.29) is 73.7 Å². The Morgan fingerprint density at radius 3 is 2.11 bits per heavy atom. The molecule has 1 fully saturated rings. The molecule has 0 spiro atoms. The van der Waals surface area contributed by atoms with Crippen LogP contribution in [0.4, 0.5) is 10.5 Å². The van der Waals surface area contributed by atoms with Crippen LogP contribution in [0.15, 0.2) is 41.4 Å². The van der Waals surface area contributed by atoms with E-state index in [1.54, 1.807) is 30.3 Å². The van der Waals surface area contributed by atoms with Crippen molar-refractivity contribution in [1.82, 2.24) is 26.2 Å². The van der Waals surface area contributed by atoms with Crippen LogP contribution in [-0.2, 0) is 38.1 Å². The number of nitrogens with two attached hydrogens (primary N) is 1. The summed E-state index contributed by atoms with van der Waals surface area (Å²) >= 11 is 0. The van der Waals surface area contributed by atoms with Gasteiger partial charge in [-0.2, -0.15) is 0 Å². The van der Waals surface area contributed by atoms with E-state index < -0.39 is 24.2 Å². The summed E-state index contributed by atoms with van der Waals surface area (Å²) in [4.78, 5) is 82.4. The smallest absolute Gasteiger partial charge is 0.312 e. The number of primary amides is 1. The number of aliphatic hydroxyl groups excluding tert-OH is 1. The minimum Gasteiger partial charge on any atom is -0.385 e. The van der Waals surface area contributed by atoms with Gasteiger partial charge in [0.25, 0.3) is 0 Å². The number of likely N-dealkylation sites (tertiary alicyclic amines) is 1. The van der Waals surface area contributed by atoms with E-state index >= 15 is 0 Å². The normalized spacial score (nSPS) is 18.5. The molecule has 19 heteroatoms. The predicted octanol–water partition coefficient (Wildman–Crippen LogP) is 3.78. The SMILES string of the molecule is CCN=C(NC(CCCNC(N)=O)C(=O)Nc1ccc(C(=O)C(O)C2CCCCN(C)CC2)cc1)C(NC(=O)CCOCCOCCOCCOCCNC(=O)CCC(C)C1CC=CC(=O)C1)C(C)C. The van der Waals surface area contributed by atoms with Gasteiger partial charge in [0.05, 0.1) is 58.9 Å². The summed E-state index contributed by atoms with van der Waals surface area (Å²) in [5, 5.41) is 25.7. The van der Waals surface area contributed by atoms with Gasteiger partial charge in [-0.3, -0.25) is 29.0 Å². The zero-order valence-corrected chi connectivity index (χ0v) is 42.5. The Hall–Kier alpha value is -4.79. The fourth-order valence-corrected chi connectivity index (χ4v) is 8.33. The molecule has 19 nitrogen and oxygen atoms in total. The summed E-state index contributed by atoms with van der Waals surface area (Å²) in [5.41, 5.74) is 6.09. The molecule has 70 heavy (non-hydrogen) atoms. The number of amides is 5. The summed E-state index contributed by atoms with van der Waals surface area (Å²) < 4.78 is 22.3. The highest BCUT2D eigenvalue weighted by atomic mass is 16.6. The fourth-order valence-electron chi connectivity index (χ4n) is 8.33. The first-order valence-corrected chi connectivity index (χ1v) is 25.4. The van der Waals surface area contributed by atoms with E-state index in [1.807, 2.05) is 26.8 Å². The number of nitrogens with one attached hydrogen (secondary N) is 5. The summed E-state index contributed by atoms with van der Waals surface area (Å²) in [5.74, 6) is -0.00479. The van der Waals surface area contributed by atoms with Crippen LogP contribution in [-0.4, -0.2) is 162 Å². The molecule has 0 saturated carbocycles. The van der Waals surface area contributed by atoms with Crippen LogP contribution < -0.4 is 32.3 Å². The molecule has 1 aromatic carbocycles. The zero-order valence-electron chi connectivity index (χ0n) is 42.5. The predicted molar refractivity (Wildman–Crippen MR) is 270 cm³/mol. The van der Waals surface area contributed by atoms with Crippen molar-refractivity contribution in [2.45, 2.75) is 117 Å². The Bertz CT molecular complexity index is 1800. The van der Waals surface area contributed by atoms with Crippen molar-refractivity contribution in [2.75, 3.05) is 97.9 Å². The van der Waals surface area contributed by atoms with Crippen LogP contribution in [0.1, 0.15) is 109 Å². The van der Waals surface area contributed by atoms with Crippen molar-refractivity contribution in [3.63, 3.8) is 0 Å². The molecule has 5 amide bonds. The average molecular weight is 985 g/mol. The molecule has 8 N–H and O–H groups in total. The van der Waals surface area contributed by atoms with E-state index in [0.29, 0.717) is 101 Å². The van der Waals surface area contributed by atoms with Gasteiger partial charge in [-0.15, -0.1) is 0 Å². The third-order valence-corrected chi connectivity index (χ3v) is 12.6. The molecule has 1 saturated heterocycles. The quantitative estimate of drug-likeness (QED) is 0.0229. The van der Waals surface area contributed by atoms with Crippen LogP contribution in [0.3, 0.4) is 0 Å². The van der Waals surface area contributed by atoms with Gasteiger partial charge in [0.15, 0.2) is 11.6 Å². The Balaban J connectivity index is 1.35. The zero-order chi connectivity index (χ0) is 51.1. The number of carbonyl (C=O) groups is 6. The van der Waals surface area contributed by atoms with Crippen molar-refractivity contribution in [2.24, 2.45) is 34.4 Å². The lowest BCUT2D eigenvalue weighted by Gasteiger charge is -2.29. The summed E-state index contributed by atoms with van der Waals surface area (Å²) in [6.07, 6.45) is 9.42. The largest absolute Gasteiger partial charge is 0.385 e. The molecule has 394 valence electrons. The van der Waals surface area contributed by atoms with Gasteiger partial charge in [0.1, 0.15) is 18.0 Å². The molecule has 1 aliphatic heterocycles. The van der Waals surface area contributed by atoms with Crippen molar-refractivity contribution >= 4 is 46.8 Å². The number of benzene rings is 1. The second-order valence-corrected chi connectivity index (χ2v) is 18.6. The lowest BCUT2D eigenvalue weighted by Crippen LogP contribution is -2.55. The van der Waals surface area contributed by atoms with E-state index in [1.165, 1.54) is 0 Å². The van der Waals surface area contributed by atoms with Crippen molar-refractivity contribution in [3.8, 4) is 0 Å². The molecule has 0 radical (unpaired) electrons. The Labute approximate surface area is 415 Å². The van der Waals surface area contributed by atoms with Crippen LogP contribution in [0.25, 0.3) is 0 Å². The maximum Gasteiger partial charge on any atom is 0.312 e. The number of rotatable bonds is 33. The molecule has 0 aromatic heterocycles. The van der Waals surface area contributed by atoms with Crippen LogP contribution >= 0.6 is 0 Å². The highest BCUT2D eigenvalue weighted by molar-refractivity contribution is 6.02. The van der Waals surface area contributed by atoms with Crippen LogP contribution in [0.2, 0.25) is 0 Å². The highest BCUT2D eigenvalue weighted by Crippen LogP contribution is 2.28. The van der Waals surface area contributed by atoms with Crippen molar-refractivity contribution in [3.05, 3.63) is 42.0 Å². The lowest BCUT2D eigenvalue weighted by molar-refractivity contribution is -0.123. The number of hydrogen-bond donors (Lipinski definition) is 7. The maximum absolute atomic E-state index is 13.9. The Morgan fingerprint density at radius 1 is 0.800 bits per heavy atom. The minimum atomic E-state index is -1.10. The van der Waals surface area contributed by atoms with Gasteiger partial charge in [-0.05, 0) is 126 Å². The number of Topliss-reactive ketones (excluding diaryl/α,β-unsaturated/α-hetero) is 1. The van der Waals surface area contributed by atoms with E-state index in [0.717, 1.165) is 51.6 Å². The Kier molecular flexibility index (Phi) is 29.4. The molecule has 6 atom stereocenters. The third kappa shape index (κ3) is 24.4. The molecule has 6 unspecified atom stereocenters. The monoisotopic (exact) mass is 985 g/mol. The van der Waals surface area contributed by atoms with Gasteiger partial charge in [0, 0.05) is 50.1 Å². The number of nitrogens with zero attached hydrogens (tertiary/aromatic N) is 2. The second-order valence-electron chi connectivity index (χ2n) is 18.6. The molecule has 1 aromatic rings. The van der Waals surface area contributed by atoms with E-state index in [4.69, 9.17) is 24.7 Å². The highest BCUT2D eigenvalue weighted by Gasteiger charge is 2.30. The first kappa shape index (κ1) is 59.5. The number of amidine groups is 1. The van der Waals surface area contributed by atoms with Gasteiger partial charge in [-0.1, -0.05) is 33.3 Å². The first-order valence-electron chi connectivity index (χ1n) is 25.4. The lowest BCUT2D eigenvalue weighted by atomic mass is 9.81. The standard InChI is InChI=1S/C51H84N8O11/c1-6-53-49(57-43(14-10-23-55-51(52)66)50(65)56-41-18-16-39(17-19-41)48(64)47(63)38-11-7-8-25-59(5)26-21-38)46(36(2)3)58-45(62)22-27-67-29-31-69-33-34-70-32-30-68-28-24-54-44(61)20-15-37(4)40-12-9-13-42(60)35-40/h9,13,16-19,36-38,40,43,46-47,63H,6-8,10-12,14-15,20-35H2,1-5H3,(H,53,57)(H,54,61)(H,56,65)(H,58,62)(H3,52,55,66). The Morgan fingerprint density at radius 2 is 1.47 bits per heavy atom. The second kappa shape index (κ2) is 34.5. The fraction of sp³-hybridized carbons (Fsp3) is 0.706. The number of aliphatic imine (C=N–C) groups is 1. The molecule has 0 bridgehead atoms. The average Bonchev–Trinajstić information content (AvgIpc) is 3.32. The van der Waals surface area contributed by atoms with Gasteiger partial charge in [-0.25, -0.2) is 4.79 Å². The van der Waals surface area contributed by atoms with Crippen LogP contribution in [0, 0.1) is 23.7 Å². The molecule has 2 aliphatic rings. The molecule has 1 heterocycles. The summed E-state index contributed by atoms with van der Waals surface area (Å²) in [7, 11) is 2.05. The maximum atomic E-state index is 13.9. The molecular formula is C51H84N8O11. The number of ketones is 2. The number of aliphatic hydroxyl groups is 1. The number of allylic oxidation sites excluding steroid dienone is 2. The van der Waals surface area contributed by atoms with Crippen LogP contribution in [0.5, 0.6) is 0 Å².